The Labute approximate surface area is 110 Å². The lowest BCUT2D eigenvalue weighted by atomic mass is 9.85. The Balaban J connectivity index is 1.92. The van der Waals surface area contributed by atoms with Crippen molar-refractivity contribution in [3.8, 4) is 0 Å². The number of para-hydroxylation sites is 1. The van der Waals surface area contributed by atoms with E-state index in [1.54, 1.807) is 0 Å². The summed E-state index contributed by atoms with van der Waals surface area (Å²) in [5.41, 5.74) is 4.01. The zero-order chi connectivity index (χ0) is 12.7. The number of likely N-dealkylation sites (N-methyl/N-ethyl adjacent to an activating group) is 1. The normalized spacial score (nSPS) is 23.9. The topological polar surface area (TPSA) is 6.48 Å². The summed E-state index contributed by atoms with van der Waals surface area (Å²) in [5, 5.41) is 4.82. The molecule has 1 aliphatic carbocycles. The Bertz CT molecular complexity index is 462. The quantitative estimate of drug-likeness (QED) is 0.744. The molecule has 2 aliphatic rings. The van der Waals surface area contributed by atoms with Gasteiger partial charge in [-0.2, -0.15) is 0 Å². The molecule has 1 unspecified atom stereocenters. The van der Waals surface area contributed by atoms with E-state index < -0.39 is 0 Å². The van der Waals surface area contributed by atoms with Crippen LogP contribution < -0.4 is 5.01 Å². The fourth-order valence-corrected chi connectivity index (χ4v) is 3.20. The molecule has 0 radical (unpaired) electrons. The first-order valence-corrected chi connectivity index (χ1v) is 6.93. The Morgan fingerprint density at radius 3 is 2.67 bits per heavy atom. The molecule has 2 heteroatoms. The van der Waals surface area contributed by atoms with Crippen molar-refractivity contribution in [2.45, 2.75) is 32.2 Å². The van der Waals surface area contributed by atoms with Crippen LogP contribution in [0, 0.1) is 5.92 Å². The molecule has 1 aromatic carbocycles. The van der Waals surface area contributed by atoms with Gasteiger partial charge >= 0.3 is 0 Å². The fraction of sp³-hybridized carbons (Fsp3) is 0.500. The lowest BCUT2D eigenvalue weighted by molar-refractivity contribution is 0.226. The van der Waals surface area contributed by atoms with Gasteiger partial charge in [0.2, 0.25) is 0 Å². The number of hydrogen-bond acceptors (Lipinski definition) is 2. The minimum Gasteiger partial charge on any atom is -0.305 e. The molecular weight excluding hydrogens is 220 g/mol. The first kappa shape index (κ1) is 11.8. The maximum absolute atomic E-state index is 4.17. The van der Waals surface area contributed by atoms with Gasteiger partial charge in [0, 0.05) is 13.6 Å². The number of rotatable bonds is 3. The van der Waals surface area contributed by atoms with Gasteiger partial charge in [0.25, 0.3) is 0 Å². The average Bonchev–Trinajstić information content (AvgIpc) is 2.56. The monoisotopic (exact) mass is 242 g/mol. The summed E-state index contributed by atoms with van der Waals surface area (Å²) in [6.45, 7) is 7.46. The lowest BCUT2D eigenvalue weighted by Crippen LogP contribution is -2.41. The van der Waals surface area contributed by atoms with Crippen LogP contribution in [0.5, 0.6) is 0 Å². The van der Waals surface area contributed by atoms with Gasteiger partial charge in [-0.25, -0.2) is 5.01 Å². The number of nitrogens with zero attached hydrogens (tertiary/aromatic N) is 2. The Morgan fingerprint density at radius 1 is 1.33 bits per heavy atom. The molecule has 0 spiro atoms. The van der Waals surface area contributed by atoms with Crippen LogP contribution in [-0.2, 0) is 0 Å². The smallest absolute Gasteiger partial charge is 0.0765 e. The zero-order valence-corrected chi connectivity index (χ0v) is 11.4. The Morgan fingerprint density at radius 2 is 2.06 bits per heavy atom. The van der Waals surface area contributed by atoms with E-state index in [0.717, 1.165) is 12.5 Å². The molecule has 0 amide bonds. The number of anilines is 1. The van der Waals surface area contributed by atoms with Crippen molar-refractivity contribution in [1.29, 1.82) is 0 Å². The maximum atomic E-state index is 4.17. The zero-order valence-electron chi connectivity index (χ0n) is 11.4. The van der Waals surface area contributed by atoms with Crippen LogP contribution in [0.15, 0.2) is 36.4 Å². The predicted octanol–water partition coefficient (Wildman–Crippen LogP) is 3.77. The molecule has 1 aromatic rings. The molecule has 1 saturated carbocycles. The van der Waals surface area contributed by atoms with Crippen molar-refractivity contribution in [3.05, 3.63) is 42.0 Å². The summed E-state index contributed by atoms with van der Waals surface area (Å²) >= 11 is 0. The number of hydrazine groups is 1. The molecule has 1 heterocycles. The van der Waals surface area contributed by atoms with Gasteiger partial charge in [-0.05, 0) is 37.3 Å². The van der Waals surface area contributed by atoms with Gasteiger partial charge in [0.1, 0.15) is 0 Å². The number of fused-ring (bicyclic) bond motifs is 1. The second-order valence-electron chi connectivity index (χ2n) is 5.76. The standard InChI is InChI=1S/C16H22N2/c1-12(2)16-14-9-4-5-10-15(14)18(17(16)3)11-13-7-6-8-13/h4-5,9-10,13,16H,1,6-8,11H2,2-3H3. The highest BCUT2D eigenvalue weighted by Gasteiger charge is 2.35. The van der Waals surface area contributed by atoms with E-state index in [0.29, 0.717) is 6.04 Å². The van der Waals surface area contributed by atoms with Crippen LogP contribution in [0.2, 0.25) is 0 Å². The van der Waals surface area contributed by atoms with Crippen LogP contribution in [-0.4, -0.2) is 18.6 Å². The summed E-state index contributed by atoms with van der Waals surface area (Å²) in [6, 6.07) is 9.11. The third-order valence-electron chi connectivity index (χ3n) is 4.39. The van der Waals surface area contributed by atoms with Crippen LogP contribution in [0.4, 0.5) is 5.69 Å². The summed E-state index contributed by atoms with van der Waals surface area (Å²) < 4.78 is 0. The van der Waals surface area contributed by atoms with Crippen molar-refractivity contribution in [2.75, 3.05) is 18.6 Å². The molecule has 2 nitrogen and oxygen atoms in total. The molecule has 1 fully saturated rings. The average molecular weight is 242 g/mol. The summed E-state index contributed by atoms with van der Waals surface area (Å²) in [6.07, 6.45) is 4.20. The van der Waals surface area contributed by atoms with Gasteiger partial charge in [-0.1, -0.05) is 36.8 Å². The molecule has 1 atom stereocenters. The van der Waals surface area contributed by atoms with E-state index in [-0.39, 0.29) is 0 Å². The number of hydrogen-bond donors (Lipinski definition) is 0. The number of benzene rings is 1. The molecule has 18 heavy (non-hydrogen) atoms. The van der Waals surface area contributed by atoms with E-state index >= 15 is 0 Å². The molecule has 96 valence electrons. The van der Waals surface area contributed by atoms with Gasteiger partial charge < -0.3 is 5.01 Å². The maximum Gasteiger partial charge on any atom is 0.0765 e. The molecular formula is C16H22N2. The molecule has 0 bridgehead atoms. The molecule has 0 N–H and O–H groups in total. The largest absolute Gasteiger partial charge is 0.305 e. The van der Waals surface area contributed by atoms with Gasteiger partial charge in [0.15, 0.2) is 0 Å². The van der Waals surface area contributed by atoms with Gasteiger partial charge in [0.05, 0.1) is 11.7 Å². The first-order chi connectivity index (χ1) is 8.68. The predicted molar refractivity (Wildman–Crippen MR) is 76.4 cm³/mol. The third-order valence-corrected chi connectivity index (χ3v) is 4.39. The second kappa shape index (κ2) is 4.43. The molecule has 3 rings (SSSR count). The highest BCUT2D eigenvalue weighted by molar-refractivity contribution is 5.60. The van der Waals surface area contributed by atoms with Crippen LogP contribution >= 0.6 is 0 Å². The van der Waals surface area contributed by atoms with E-state index in [2.05, 4.69) is 54.8 Å². The third kappa shape index (κ3) is 1.76. The van der Waals surface area contributed by atoms with E-state index in [4.69, 9.17) is 0 Å². The van der Waals surface area contributed by atoms with E-state index in [1.807, 2.05) is 0 Å². The summed E-state index contributed by atoms with van der Waals surface area (Å²) in [4.78, 5) is 0. The molecule has 0 saturated heterocycles. The first-order valence-electron chi connectivity index (χ1n) is 6.93. The lowest BCUT2D eigenvalue weighted by Gasteiger charge is -2.36. The van der Waals surface area contributed by atoms with Gasteiger partial charge in [-0.3, -0.25) is 0 Å². The second-order valence-corrected chi connectivity index (χ2v) is 5.76. The fourth-order valence-electron chi connectivity index (χ4n) is 3.20. The minimum atomic E-state index is 0.348. The minimum absolute atomic E-state index is 0.348. The summed E-state index contributed by atoms with van der Waals surface area (Å²) in [5.74, 6) is 0.879. The summed E-state index contributed by atoms with van der Waals surface area (Å²) in [7, 11) is 2.19. The van der Waals surface area contributed by atoms with Crippen molar-refractivity contribution in [2.24, 2.45) is 5.92 Å². The van der Waals surface area contributed by atoms with Crippen LogP contribution in [0.3, 0.4) is 0 Å². The van der Waals surface area contributed by atoms with E-state index in [9.17, 15) is 0 Å². The molecule has 0 aromatic heterocycles. The van der Waals surface area contributed by atoms with E-state index in [1.165, 1.54) is 36.1 Å². The molecule has 1 aliphatic heterocycles. The van der Waals surface area contributed by atoms with Crippen molar-refractivity contribution >= 4 is 5.69 Å². The van der Waals surface area contributed by atoms with Gasteiger partial charge in [-0.15, -0.1) is 0 Å². The Kier molecular flexibility index (Phi) is 2.90. The van der Waals surface area contributed by atoms with Crippen LogP contribution in [0.25, 0.3) is 0 Å². The highest BCUT2D eigenvalue weighted by atomic mass is 15.6. The van der Waals surface area contributed by atoms with Crippen molar-refractivity contribution < 1.29 is 0 Å². The van der Waals surface area contributed by atoms with Crippen LogP contribution in [0.1, 0.15) is 37.8 Å². The SMILES string of the molecule is C=C(C)C1c2ccccc2N(CC2CCC2)N1C. The Hall–Kier alpha value is -1.28. The highest BCUT2D eigenvalue weighted by Crippen LogP contribution is 2.43. The van der Waals surface area contributed by atoms with Crippen molar-refractivity contribution in [3.63, 3.8) is 0 Å². The van der Waals surface area contributed by atoms with Crippen molar-refractivity contribution in [1.82, 2.24) is 5.01 Å².